The standard InChI is InChI=1S/C15H21F3N6/c1-2-12-21-22-13-4-3-11(9-24(12)13)7-19-8-14-20-5-6-23(14)10-15(16,17)18/h5-6,11,19H,2-4,7-10H2,1H3/t11-/m1/s1. The minimum Gasteiger partial charge on any atom is -0.325 e. The smallest absolute Gasteiger partial charge is 0.325 e. The largest absolute Gasteiger partial charge is 0.406 e. The first-order chi connectivity index (χ1) is 11.5. The molecule has 1 atom stereocenters. The van der Waals surface area contributed by atoms with E-state index in [9.17, 15) is 13.2 Å². The summed E-state index contributed by atoms with van der Waals surface area (Å²) in [5, 5.41) is 11.6. The summed E-state index contributed by atoms with van der Waals surface area (Å²) >= 11 is 0. The number of aryl methyl sites for hydroxylation is 2. The number of imidazole rings is 1. The van der Waals surface area contributed by atoms with Crippen LogP contribution in [0.4, 0.5) is 13.2 Å². The molecule has 0 saturated carbocycles. The summed E-state index contributed by atoms with van der Waals surface area (Å²) in [6, 6.07) is 0. The molecule has 2 aromatic heterocycles. The van der Waals surface area contributed by atoms with E-state index in [1.807, 2.05) is 0 Å². The molecule has 0 spiro atoms. The molecule has 0 unspecified atom stereocenters. The average molecular weight is 342 g/mol. The van der Waals surface area contributed by atoms with Crippen molar-refractivity contribution in [2.75, 3.05) is 6.54 Å². The average Bonchev–Trinajstić information content (AvgIpc) is 3.12. The molecular weight excluding hydrogens is 321 g/mol. The lowest BCUT2D eigenvalue weighted by Crippen LogP contribution is -2.31. The number of aromatic nitrogens is 5. The van der Waals surface area contributed by atoms with Gasteiger partial charge in [0.2, 0.25) is 0 Å². The number of hydrogen-bond donors (Lipinski definition) is 1. The Labute approximate surface area is 138 Å². The molecule has 0 saturated heterocycles. The molecule has 132 valence electrons. The minimum atomic E-state index is -4.24. The van der Waals surface area contributed by atoms with Gasteiger partial charge in [-0.05, 0) is 12.3 Å². The van der Waals surface area contributed by atoms with Crippen LogP contribution in [0, 0.1) is 5.92 Å². The monoisotopic (exact) mass is 342 g/mol. The van der Waals surface area contributed by atoms with Crippen LogP contribution in [0.5, 0.6) is 0 Å². The summed E-state index contributed by atoms with van der Waals surface area (Å²) in [7, 11) is 0. The van der Waals surface area contributed by atoms with E-state index in [1.165, 1.54) is 12.4 Å². The van der Waals surface area contributed by atoms with Crippen molar-refractivity contribution in [1.82, 2.24) is 29.6 Å². The predicted molar refractivity (Wildman–Crippen MR) is 81.2 cm³/mol. The zero-order valence-electron chi connectivity index (χ0n) is 13.6. The number of nitrogens with zero attached hydrogens (tertiary/aromatic N) is 5. The van der Waals surface area contributed by atoms with Crippen LogP contribution in [0.25, 0.3) is 0 Å². The molecule has 0 fully saturated rings. The Bertz CT molecular complexity index is 662. The third kappa shape index (κ3) is 3.95. The van der Waals surface area contributed by atoms with Crippen molar-refractivity contribution >= 4 is 0 Å². The Morgan fingerprint density at radius 1 is 1.29 bits per heavy atom. The summed E-state index contributed by atoms with van der Waals surface area (Å²) in [4.78, 5) is 4.01. The fraction of sp³-hybridized carbons (Fsp3) is 0.667. The van der Waals surface area contributed by atoms with Crippen LogP contribution in [0.3, 0.4) is 0 Å². The van der Waals surface area contributed by atoms with Crippen molar-refractivity contribution in [3.05, 3.63) is 29.9 Å². The number of rotatable bonds is 6. The van der Waals surface area contributed by atoms with Gasteiger partial charge in [0.1, 0.15) is 24.0 Å². The lowest BCUT2D eigenvalue weighted by atomic mass is 9.99. The second-order valence-electron chi connectivity index (χ2n) is 6.12. The molecule has 1 aliphatic heterocycles. The maximum Gasteiger partial charge on any atom is 0.406 e. The predicted octanol–water partition coefficient (Wildman–Crippen LogP) is 1.95. The Hall–Kier alpha value is -1.90. The Balaban J connectivity index is 1.52. The highest BCUT2D eigenvalue weighted by Gasteiger charge is 2.29. The van der Waals surface area contributed by atoms with Crippen molar-refractivity contribution in [2.45, 2.75) is 52.0 Å². The molecule has 9 heteroatoms. The van der Waals surface area contributed by atoms with Crippen LogP contribution in [-0.2, 0) is 32.5 Å². The third-order valence-corrected chi connectivity index (χ3v) is 4.30. The van der Waals surface area contributed by atoms with E-state index in [2.05, 4.69) is 32.0 Å². The van der Waals surface area contributed by atoms with Crippen molar-refractivity contribution in [2.24, 2.45) is 5.92 Å². The van der Waals surface area contributed by atoms with Crippen molar-refractivity contribution in [3.8, 4) is 0 Å². The molecule has 3 rings (SSSR count). The normalized spacial score (nSPS) is 17.9. The second kappa shape index (κ2) is 6.92. The lowest BCUT2D eigenvalue weighted by molar-refractivity contribution is -0.141. The summed E-state index contributed by atoms with van der Waals surface area (Å²) in [5.74, 6) is 2.85. The zero-order chi connectivity index (χ0) is 17.2. The van der Waals surface area contributed by atoms with Gasteiger partial charge in [0.15, 0.2) is 0 Å². The molecule has 0 amide bonds. The van der Waals surface area contributed by atoms with Crippen LogP contribution >= 0.6 is 0 Å². The number of alkyl halides is 3. The molecule has 0 aliphatic carbocycles. The molecule has 24 heavy (non-hydrogen) atoms. The first-order valence-corrected chi connectivity index (χ1v) is 8.14. The molecule has 6 nitrogen and oxygen atoms in total. The molecule has 0 aromatic carbocycles. The summed E-state index contributed by atoms with van der Waals surface area (Å²) in [6.07, 6.45) is 1.28. The number of hydrogen-bond acceptors (Lipinski definition) is 4. The fourth-order valence-corrected chi connectivity index (χ4v) is 3.11. The van der Waals surface area contributed by atoms with Crippen LogP contribution in [0.2, 0.25) is 0 Å². The number of fused-ring (bicyclic) bond motifs is 1. The van der Waals surface area contributed by atoms with Gasteiger partial charge >= 0.3 is 6.18 Å². The molecule has 1 aliphatic rings. The molecular formula is C15H21F3N6. The van der Waals surface area contributed by atoms with Gasteiger partial charge in [-0.1, -0.05) is 6.92 Å². The van der Waals surface area contributed by atoms with Gasteiger partial charge in [0, 0.05) is 38.3 Å². The van der Waals surface area contributed by atoms with Gasteiger partial charge in [0.05, 0.1) is 6.54 Å². The van der Waals surface area contributed by atoms with Gasteiger partial charge in [0.25, 0.3) is 0 Å². The lowest BCUT2D eigenvalue weighted by Gasteiger charge is -2.24. The van der Waals surface area contributed by atoms with E-state index >= 15 is 0 Å². The Morgan fingerprint density at radius 2 is 2.12 bits per heavy atom. The van der Waals surface area contributed by atoms with E-state index in [-0.39, 0.29) is 0 Å². The SMILES string of the molecule is CCc1nnc2n1C[C@@H](CNCc1nccn1CC(F)(F)F)CC2. The van der Waals surface area contributed by atoms with Crippen molar-refractivity contribution in [1.29, 1.82) is 0 Å². The first-order valence-electron chi connectivity index (χ1n) is 8.14. The summed E-state index contributed by atoms with van der Waals surface area (Å²) in [6.45, 7) is 2.97. The number of nitrogens with one attached hydrogen (secondary N) is 1. The van der Waals surface area contributed by atoms with E-state index in [0.717, 1.165) is 48.6 Å². The van der Waals surface area contributed by atoms with Crippen molar-refractivity contribution < 1.29 is 13.2 Å². The van der Waals surface area contributed by atoms with E-state index < -0.39 is 12.7 Å². The van der Waals surface area contributed by atoms with E-state index in [0.29, 0.717) is 18.3 Å². The van der Waals surface area contributed by atoms with E-state index in [1.54, 1.807) is 0 Å². The highest BCUT2D eigenvalue weighted by molar-refractivity contribution is 5.00. The zero-order valence-corrected chi connectivity index (χ0v) is 13.6. The van der Waals surface area contributed by atoms with Gasteiger partial charge in [-0.3, -0.25) is 0 Å². The van der Waals surface area contributed by atoms with Crippen LogP contribution in [-0.4, -0.2) is 37.0 Å². The quantitative estimate of drug-likeness (QED) is 0.872. The minimum absolute atomic E-state index is 0.329. The second-order valence-corrected chi connectivity index (χ2v) is 6.12. The summed E-state index contributed by atoms with van der Waals surface area (Å²) < 4.78 is 40.8. The molecule has 0 bridgehead atoms. The van der Waals surface area contributed by atoms with Gasteiger partial charge in [-0.2, -0.15) is 13.2 Å². The Kier molecular flexibility index (Phi) is 4.88. The highest BCUT2D eigenvalue weighted by atomic mass is 19.4. The Morgan fingerprint density at radius 3 is 2.88 bits per heavy atom. The van der Waals surface area contributed by atoms with Crippen molar-refractivity contribution in [3.63, 3.8) is 0 Å². The maximum absolute atomic E-state index is 12.5. The van der Waals surface area contributed by atoms with Crippen LogP contribution < -0.4 is 5.32 Å². The van der Waals surface area contributed by atoms with Gasteiger partial charge in [-0.15, -0.1) is 10.2 Å². The summed E-state index contributed by atoms with van der Waals surface area (Å²) in [5.41, 5.74) is 0. The van der Waals surface area contributed by atoms with Gasteiger partial charge in [-0.25, -0.2) is 4.98 Å². The molecule has 1 N–H and O–H groups in total. The topological polar surface area (TPSA) is 60.6 Å². The van der Waals surface area contributed by atoms with Gasteiger partial charge < -0.3 is 14.5 Å². The molecule has 3 heterocycles. The fourth-order valence-electron chi connectivity index (χ4n) is 3.11. The van der Waals surface area contributed by atoms with Crippen LogP contribution in [0.1, 0.15) is 30.8 Å². The van der Waals surface area contributed by atoms with Crippen LogP contribution in [0.15, 0.2) is 12.4 Å². The third-order valence-electron chi connectivity index (χ3n) is 4.30. The highest BCUT2D eigenvalue weighted by Crippen LogP contribution is 2.20. The maximum atomic E-state index is 12.5. The number of halogens is 3. The van der Waals surface area contributed by atoms with E-state index in [4.69, 9.17) is 0 Å². The molecule has 0 radical (unpaired) electrons. The first kappa shape index (κ1) is 16.9. The molecule has 2 aromatic rings.